The number of furan rings is 1. The fraction of sp³-hybridized carbons (Fsp3) is 0.385. The summed E-state index contributed by atoms with van der Waals surface area (Å²) in [6, 6.07) is 2.07. The van der Waals surface area contributed by atoms with E-state index in [1.807, 2.05) is 29.6 Å². The first-order valence-electron chi connectivity index (χ1n) is 6.10. The van der Waals surface area contributed by atoms with Gasteiger partial charge >= 0.3 is 0 Å². The van der Waals surface area contributed by atoms with Crippen molar-refractivity contribution < 1.29 is 9.21 Å². The highest BCUT2D eigenvalue weighted by atomic mass is 79.9. The molecule has 19 heavy (non-hydrogen) atoms. The average molecular weight is 324 g/mol. The Balaban J connectivity index is 1.67. The van der Waals surface area contributed by atoms with Crippen LogP contribution in [-0.2, 0) is 0 Å². The summed E-state index contributed by atoms with van der Waals surface area (Å²) in [6.45, 7) is 5.05. The van der Waals surface area contributed by atoms with E-state index in [4.69, 9.17) is 4.42 Å². The highest BCUT2D eigenvalue weighted by Crippen LogP contribution is 2.25. The molecule has 0 N–H and O–H groups in total. The molecule has 0 aromatic carbocycles. The van der Waals surface area contributed by atoms with Crippen molar-refractivity contribution in [1.82, 2.24) is 14.7 Å². The lowest BCUT2D eigenvalue weighted by Gasteiger charge is -2.39. The second-order valence-electron chi connectivity index (χ2n) is 4.83. The first kappa shape index (κ1) is 12.5. The number of carbonyl (C=O) groups is 1. The number of likely N-dealkylation sites (tertiary alicyclic amines) is 1. The predicted molar refractivity (Wildman–Crippen MR) is 73.0 cm³/mol. The van der Waals surface area contributed by atoms with E-state index in [1.165, 1.54) is 0 Å². The van der Waals surface area contributed by atoms with Crippen LogP contribution >= 0.6 is 15.9 Å². The number of amides is 1. The van der Waals surface area contributed by atoms with E-state index in [0.29, 0.717) is 24.4 Å². The quantitative estimate of drug-likeness (QED) is 0.853. The maximum Gasteiger partial charge on any atom is 0.257 e. The summed E-state index contributed by atoms with van der Waals surface area (Å²) in [7, 11) is 0. The molecule has 1 aliphatic rings. The van der Waals surface area contributed by atoms with Gasteiger partial charge in [0.1, 0.15) is 11.5 Å². The van der Waals surface area contributed by atoms with E-state index in [-0.39, 0.29) is 11.9 Å². The Labute approximate surface area is 119 Å². The smallest absolute Gasteiger partial charge is 0.257 e. The molecule has 1 aliphatic heterocycles. The van der Waals surface area contributed by atoms with E-state index in [1.54, 1.807) is 12.3 Å². The molecule has 3 rings (SSSR count). The molecule has 0 spiro atoms. The van der Waals surface area contributed by atoms with Gasteiger partial charge in [0, 0.05) is 19.3 Å². The lowest BCUT2D eigenvalue weighted by atomic mass is 10.1. The molecular weight excluding hydrogens is 310 g/mol. The highest BCUT2D eigenvalue weighted by Gasteiger charge is 2.34. The van der Waals surface area contributed by atoms with Gasteiger partial charge < -0.3 is 9.32 Å². The van der Waals surface area contributed by atoms with E-state index in [9.17, 15) is 4.79 Å². The van der Waals surface area contributed by atoms with E-state index in [0.717, 1.165) is 10.2 Å². The van der Waals surface area contributed by atoms with Gasteiger partial charge in [-0.3, -0.25) is 9.48 Å². The molecule has 100 valence electrons. The van der Waals surface area contributed by atoms with E-state index in [2.05, 4.69) is 21.0 Å². The van der Waals surface area contributed by atoms with Gasteiger partial charge in [0.15, 0.2) is 0 Å². The number of hydrogen-bond acceptors (Lipinski definition) is 3. The molecule has 3 heterocycles. The molecule has 6 heteroatoms. The zero-order chi connectivity index (χ0) is 13.6. The Morgan fingerprint density at radius 2 is 2.21 bits per heavy atom. The summed E-state index contributed by atoms with van der Waals surface area (Å²) in [6.07, 6.45) is 3.69. The second-order valence-corrected chi connectivity index (χ2v) is 5.75. The van der Waals surface area contributed by atoms with Crippen LogP contribution in [0.4, 0.5) is 0 Å². The monoisotopic (exact) mass is 323 g/mol. The maximum absolute atomic E-state index is 12.3. The number of aryl methyl sites for hydroxylation is 2. The number of hydrogen-bond donors (Lipinski definition) is 0. The van der Waals surface area contributed by atoms with Crippen molar-refractivity contribution in [3.8, 4) is 0 Å². The number of aromatic nitrogens is 2. The van der Waals surface area contributed by atoms with Gasteiger partial charge in [-0.05, 0) is 35.8 Å². The molecule has 0 atom stereocenters. The predicted octanol–water partition coefficient (Wildman–Crippen LogP) is 2.55. The minimum absolute atomic E-state index is 0.0387. The molecule has 0 unspecified atom stereocenters. The lowest BCUT2D eigenvalue weighted by molar-refractivity contribution is 0.0499. The zero-order valence-corrected chi connectivity index (χ0v) is 12.3. The molecule has 1 saturated heterocycles. The van der Waals surface area contributed by atoms with E-state index < -0.39 is 0 Å². The van der Waals surface area contributed by atoms with Crippen molar-refractivity contribution in [2.75, 3.05) is 13.1 Å². The van der Waals surface area contributed by atoms with Crippen LogP contribution in [0.25, 0.3) is 0 Å². The maximum atomic E-state index is 12.3. The van der Waals surface area contributed by atoms with Crippen LogP contribution in [0, 0.1) is 13.8 Å². The Morgan fingerprint density at radius 1 is 1.47 bits per heavy atom. The van der Waals surface area contributed by atoms with Crippen molar-refractivity contribution in [3.05, 3.63) is 40.0 Å². The van der Waals surface area contributed by atoms with E-state index >= 15 is 0 Å². The molecule has 0 saturated carbocycles. The topological polar surface area (TPSA) is 51.3 Å². The molecule has 2 aromatic heterocycles. The molecule has 2 aromatic rings. The molecule has 0 bridgehead atoms. The largest absolute Gasteiger partial charge is 0.466 e. The van der Waals surface area contributed by atoms with Crippen LogP contribution in [0.2, 0.25) is 0 Å². The summed E-state index contributed by atoms with van der Waals surface area (Å²) in [5.41, 5.74) is 0.664. The third kappa shape index (κ3) is 2.20. The Morgan fingerprint density at radius 3 is 2.74 bits per heavy atom. The number of carbonyl (C=O) groups excluding carboxylic acids is 1. The third-order valence-corrected chi connectivity index (χ3v) is 3.77. The minimum atomic E-state index is 0.0387. The van der Waals surface area contributed by atoms with Crippen LogP contribution in [0.5, 0.6) is 0 Å². The molecule has 0 aliphatic carbocycles. The van der Waals surface area contributed by atoms with Gasteiger partial charge in [-0.2, -0.15) is 5.10 Å². The molecule has 0 radical (unpaired) electrons. The van der Waals surface area contributed by atoms with Gasteiger partial charge in [-0.25, -0.2) is 0 Å². The normalized spacial score (nSPS) is 15.6. The number of rotatable bonds is 2. The standard InChI is InChI=1S/C13H14BrN3O2/c1-8-3-12(9(2)19-8)13(18)16-6-11(7-16)17-5-10(14)4-15-17/h3-5,11H,6-7H2,1-2H3. The SMILES string of the molecule is Cc1cc(C(=O)N2CC(n3cc(Br)cn3)C2)c(C)o1. The van der Waals surface area contributed by atoms with Gasteiger partial charge in [-0.15, -0.1) is 0 Å². The van der Waals surface area contributed by atoms with Crippen LogP contribution in [0.1, 0.15) is 27.9 Å². The van der Waals surface area contributed by atoms with Gasteiger partial charge in [0.05, 0.1) is 22.3 Å². The first-order chi connectivity index (χ1) is 9.04. The third-order valence-electron chi connectivity index (χ3n) is 3.36. The first-order valence-corrected chi connectivity index (χ1v) is 6.90. The van der Waals surface area contributed by atoms with Crippen LogP contribution in [0.15, 0.2) is 27.3 Å². The van der Waals surface area contributed by atoms with Crippen molar-refractivity contribution in [2.45, 2.75) is 19.9 Å². The van der Waals surface area contributed by atoms with Crippen molar-refractivity contribution >= 4 is 21.8 Å². The number of halogens is 1. The van der Waals surface area contributed by atoms with Crippen LogP contribution in [-0.4, -0.2) is 33.7 Å². The van der Waals surface area contributed by atoms with Gasteiger partial charge in [-0.1, -0.05) is 0 Å². The van der Waals surface area contributed by atoms with Crippen LogP contribution < -0.4 is 0 Å². The Bertz CT molecular complexity index is 626. The summed E-state index contributed by atoms with van der Waals surface area (Å²) in [5, 5.41) is 4.24. The fourth-order valence-electron chi connectivity index (χ4n) is 2.32. The molecule has 1 fully saturated rings. The van der Waals surface area contributed by atoms with Crippen molar-refractivity contribution in [2.24, 2.45) is 0 Å². The lowest BCUT2D eigenvalue weighted by Crippen LogP contribution is -2.50. The zero-order valence-electron chi connectivity index (χ0n) is 10.8. The van der Waals surface area contributed by atoms with Crippen molar-refractivity contribution in [3.63, 3.8) is 0 Å². The highest BCUT2D eigenvalue weighted by molar-refractivity contribution is 9.10. The minimum Gasteiger partial charge on any atom is -0.466 e. The van der Waals surface area contributed by atoms with Crippen molar-refractivity contribution in [1.29, 1.82) is 0 Å². The molecule has 1 amide bonds. The Kier molecular flexibility index (Phi) is 2.97. The number of nitrogens with zero attached hydrogens (tertiary/aromatic N) is 3. The summed E-state index contributed by atoms with van der Waals surface area (Å²) < 4.78 is 8.25. The Hall–Kier alpha value is -1.56. The molecular formula is C13H14BrN3O2. The average Bonchev–Trinajstić information content (AvgIpc) is 2.83. The van der Waals surface area contributed by atoms with Crippen LogP contribution in [0.3, 0.4) is 0 Å². The summed E-state index contributed by atoms with van der Waals surface area (Å²) >= 11 is 3.37. The molecule has 5 nitrogen and oxygen atoms in total. The summed E-state index contributed by atoms with van der Waals surface area (Å²) in [4.78, 5) is 14.1. The fourth-order valence-corrected chi connectivity index (χ4v) is 2.62. The summed E-state index contributed by atoms with van der Waals surface area (Å²) in [5.74, 6) is 1.50. The second kappa shape index (κ2) is 4.52. The van der Waals surface area contributed by atoms with Gasteiger partial charge in [0.2, 0.25) is 0 Å². The van der Waals surface area contributed by atoms with Gasteiger partial charge in [0.25, 0.3) is 5.91 Å².